The van der Waals surface area contributed by atoms with Crippen LogP contribution in [0.4, 0.5) is 0 Å². The van der Waals surface area contributed by atoms with Gasteiger partial charge in [-0.05, 0) is 44.5 Å². The molecule has 2 aromatic rings. The van der Waals surface area contributed by atoms with E-state index in [9.17, 15) is 0 Å². The number of benzene rings is 1. The SMILES string of the molecule is CNCc1oc2c(C)ccc(C)c2c1C. The van der Waals surface area contributed by atoms with Gasteiger partial charge in [0.2, 0.25) is 0 Å². The van der Waals surface area contributed by atoms with Crippen molar-refractivity contribution in [1.29, 1.82) is 0 Å². The van der Waals surface area contributed by atoms with Crippen LogP contribution in [0.5, 0.6) is 0 Å². The van der Waals surface area contributed by atoms with Gasteiger partial charge in [0.25, 0.3) is 0 Å². The topological polar surface area (TPSA) is 25.2 Å². The molecule has 0 aliphatic rings. The third-order valence-corrected chi connectivity index (χ3v) is 2.92. The number of fused-ring (bicyclic) bond motifs is 1. The summed E-state index contributed by atoms with van der Waals surface area (Å²) in [6.07, 6.45) is 0. The molecule has 0 fully saturated rings. The highest BCUT2D eigenvalue weighted by atomic mass is 16.3. The first-order valence-electron chi connectivity index (χ1n) is 5.28. The van der Waals surface area contributed by atoms with Crippen molar-refractivity contribution in [2.24, 2.45) is 0 Å². The van der Waals surface area contributed by atoms with Crippen LogP contribution in [0, 0.1) is 20.8 Å². The standard InChI is InChI=1S/C13H17NO/c1-8-5-6-9(2)13-12(8)10(3)11(15-13)7-14-4/h5-6,14H,7H2,1-4H3. The summed E-state index contributed by atoms with van der Waals surface area (Å²) in [4.78, 5) is 0. The summed E-state index contributed by atoms with van der Waals surface area (Å²) in [7, 11) is 1.94. The molecule has 0 bridgehead atoms. The summed E-state index contributed by atoms with van der Waals surface area (Å²) in [5, 5.41) is 4.41. The van der Waals surface area contributed by atoms with Crippen LogP contribution in [0.2, 0.25) is 0 Å². The lowest BCUT2D eigenvalue weighted by Gasteiger charge is -1.98. The van der Waals surface area contributed by atoms with E-state index in [-0.39, 0.29) is 0 Å². The quantitative estimate of drug-likeness (QED) is 0.811. The highest BCUT2D eigenvalue weighted by Crippen LogP contribution is 2.30. The van der Waals surface area contributed by atoms with Crippen LogP contribution in [-0.4, -0.2) is 7.05 Å². The third-order valence-electron chi connectivity index (χ3n) is 2.92. The van der Waals surface area contributed by atoms with E-state index in [4.69, 9.17) is 4.42 Å². The molecule has 1 N–H and O–H groups in total. The fourth-order valence-corrected chi connectivity index (χ4v) is 2.05. The van der Waals surface area contributed by atoms with Gasteiger partial charge in [-0.1, -0.05) is 12.1 Å². The maximum absolute atomic E-state index is 5.89. The van der Waals surface area contributed by atoms with Crippen molar-refractivity contribution in [3.63, 3.8) is 0 Å². The molecular formula is C13H17NO. The zero-order valence-corrected chi connectivity index (χ0v) is 9.77. The third kappa shape index (κ3) is 1.55. The fourth-order valence-electron chi connectivity index (χ4n) is 2.05. The zero-order chi connectivity index (χ0) is 11.0. The monoisotopic (exact) mass is 203 g/mol. The molecule has 0 saturated heterocycles. The van der Waals surface area contributed by atoms with Gasteiger partial charge in [-0.3, -0.25) is 0 Å². The van der Waals surface area contributed by atoms with Crippen molar-refractivity contribution in [1.82, 2.24) is 5.32 Å². The second-order valence-corrected chi connectivity index (χ2v) is 4.08. The Morgan fingerprint density at radius 3 is 2.40 bits per heavy atom. The van der Waals surface area contributed by atoms with E-state index in [1.807, 2.05) is 7.05 Å². The summed E-state index contributed by atoms with van der Waals surface area (Å²) in [6, 6.07) is 4.27. The number of nitrogens with one attached hydrogen (secondary N) is 1. The molecule has 2 rings (SSSR count). The molecule has 0 unspecified atom stereocenters. The van der Waals surface area contributed by atoms with E-state index in [1.165, 1.54) is 22.1 Å². The Kier molecular flexibility index (Phi) is 2.53. The molecule has 0 radical (unpaired) electrons. The maximum atomic E-state index is 5.89. The predicted molar refractivity (Wildman–Crippen MR) is 63.2 cm³/mol. The Hall–Kier alpha value is -1.28. The van der Waals surface area contributed by atoms with Crippen molar-refractivity contribution in [3.8, 4) is 0 Å². The van der Waals surface area contributed by atoms with Crippen LogP contribution in [0.25, 0.3) is 11.0 Å². The Morgan fingerprint density at radius 2 is 1.80 bits per heavy atom. The van der Waals surface area contributed by atoms with E-state index in [0.717, 1.165) is 17.9 Å². The molecule has 1 aromatic heterocycles. The average Bonchev–Trinajstić information content (AvgIpc) is 2.53. The Morgan fingerprint density at radius 1 is 1.13 bits per heavy atom. The lowest BCUT2D eigenvalue weighted by atomic mass is 10.0. The van der Waals surface area contributed by atoms with Gasteiger partial charge in [-0.25, -0.2) is 0 Å². The first kappa shape index (κ1) is 10.2. The van der Waals surface area contributed by atoms with Crippen molar-refractivity contribution < 1.29 is 4.42 Å². The normalized spacial score (nSPS) is 11.2. The summed E-state index contributed by atoms with van der Waals surface area (Å²) in [6.45, 7) is 7.14. The van der Waals surface area contributed by atoms with Crippen molar-refractivity contribution in [2.45, 2.75) is 27.3 Å². The van der Waals surface area contributed by atoms with Crippen LogP contribution >= 0.6 is 0 Å². The molecule has 2 nitrogen and oxygen atoms in total. The number of hydrogen-bond donors (Lipinski definition) is 1. The van der Waals surface area contributed by atoms with Crippen LogP contribution < -0.4 is 5.32 Å². The van der Waals surface area contributed by atoms with E-state index in [1.54, 1.807) is 0 Å². The Bertz CT molecular complexity index is 497. The molecular weight excluding hydrogens is 186 g/mol. The molecule has 1 heterocycles. The first-order chi connectivity index (χ1) is 7.15. The van der Waals surface area contributed by atoms with E-state index in [2.05, 4.69) is 38.2 Å². The van der Waals surface area contributed by atoms with E-state index < -0.39 is 0 Å². The van der Waals surface area contributed by atoms with Crippen molar-refractivity contribution in [3.05, 3.63) is 34.6 Å². The molecule has 1 aromatic carbocycles. The lowest BCUT2D eigenvalue weighted by Crippen LogP contribution is -2.04. The Labute approximate surface area is 90.3 Å². The molecule has 2 heteroatoms. The van der Waals surface area contributed by atoms with Gasteiger partial charge in [-0.2, -0.15) is 0 Å². The first-order valence-corrected chi connectivity index (χ1v) is 5.28. The minimum Gasteiger partial charge on any atom is -0.459 e. The number of furan rings is 1. The van der Waals surface area contributed by atoms with Gasteiger partial charge in [0.15, 0.2) is 0 Å². The summed E-state index contributed by atoms with van der Waals surface area (Å²) in [5.74, 6) is 1.05. The number of aryl methyl sites for hydroxylation is 3. The molecule has 0 spiro atoms. The van der Waals surface area contributed by atoms with E-state index in [0.29, 0.717) is 0 Å². The minimum atomic E-state index is 0.791. The average molecular weight is 203 g/mol. The summed E-state index contributed by atoms with van der Waals surface area (Å²) in [5.41, 5.74) is 4.80. The maximum Gasteiger partial charge on any atom is 0.137 e. The van der Waals surface area contributed by atoms with E-state index >= 15 is 0 Å². The van der Waals surface area contributed by atoms with Crippen LogP contribution in [0.1, 0.15) is 22.5 Å². The largest absolute Gasteiger partial charge is 0.459 e. The minimum absolute atomic E-state index is 0.791. The Balaban J connectivity index is 2.75. The number of rotatable bonds is 2. The van der Waals surface area contributed by atoms with Gasteiger partial charge < -0.3 is 9.73 Å². The van der Waals surface area contributed by atoms with Crippen LogP contribution in [0.3, 0.4) is 0 Å². The zero-order valence-electron chi connectivity index (χ0n) is 9.77. The fraction of sp³-hybridized carbons (Fsp3) is 0.385. The van der Waals surface area contributed by atoms with Gasteiger partial charge in [-0.15, -0.1) is 0 Å². The van der Waals surface area contributed by atoms with Gasteiger partial charge in [0.1, 0.15) is 11.3 Å². The highest BCUT2D eigenvalue weighted by molar-refractivity contribution is 5.87. The molecule has 0 saturated carbocycles. The smallest absolute Gasteiger partial charge is 0.137 e. The van der Waals surface area contributed by atoms with Gasteiger partial charge in [0, 0.05) is 5.39 Å². The van der Waals surface area contributed by atoms with Crippen molar-refractivity contribution in [2.75, 3.05) is 7.05 Å². The van der Waals surface area contributed by atoms with Gasteiger partial charge >= 0.3 is 0 Å². The van der Waals surface area contributed by atoms with Crippen LogP contribution in [-0.2, 0) is 6.54 Å². The van der Waals surface area contributed by atoms with Crippen molar-refractivity contribution >= 4 is 11.0 Å². The second kappa shape index (κ2) is 3.70. The lowest BCUT2D eigenvalue weighted by molar-refractivity contribution is 0.525. The second-order valence-electron chi connectivity index (χ2n) is 4.08. The molecule has 0 aliphatic carbocycles. The summed E-state index contributed by atoms with van der Waals surface area (Å²) >= 11 is 0. The number of hydrogen-bond acceptors (Lipinski definition) is 2. The molecule has 80 valence electrons. The highest BCUT2D eigenvalue weighted by Gasteiger charge is 2.12. The molecule has 0 atom stereocenters. The molecule has 15 heavy (non-hydrogen) atoms. The summed E-state index contributed by atoms with van der Waals surface area (Å²) < 4.78 is 5.89. The molecule has 0 aliphatic heterocycles. The van der Waals surface area contributed by atoms with Gasteiger partial charge in [0.05, 0.1) is 6.54 Å². The molecule has 0 amide bonds. The van der Waals surface area contributed by atoms with Crippen LogP contribution in [0.15, 0.2) is 16.5 Å². The predicted octanol–water partition coefficient (Wildman–Crippen LogP) is 3.08.